The zero-order valence-corrected chi connectivity index (χ0v) is 11.3. The van der Waals surface area contributed by atoms with Gasteiger partial charge in [-0.3, -0.25) is 4.55 Å². The van der Waals surface area contributed by atoms with Gasteiger partial charge in [-0.05, 0) is 24.1 Å². The fourth-order valence-electron chi connectivity index (χ4n) is 1.72. The molecule has 0 atom stereocenters. The van der Waals surface area contributed by atoms with Gasteiger partial charge >= 0.3 is 0 Å². The molecule has 0 fully saturated rings. The van der Waals surface area contributed by atoms with Gasteiger partial charge in [-0.1, -0.05) is 60.2 Å². The number of hydrogen-bond acceptors (Lipinski definition) is 2. The molecular formula is C15H14O3S. The van der Waals surface area contributed by atoms with Gasteiger partial charge in [-0.2, -0.15) is 8.42 Å². The Hall–Kier alpha value is -1.91. The fraction of sp³-hybridized carbons (Fsp3) is 0.0667. The summed E-state index contributed by atoms with van der Waals surface area (Å²) in [6, 6.07) is 15.9. The Balaban J connectivity index is 2.54. The zero-order valence-electron chi connectivity index (χ0n) is 10.4. The smallest absolute Gasteiger partial charge is 0.282 e. The number of hydrogen-bond donors (Lipinski definition) is 1. The number of benzene rings is 2. The minimum absolute atomic E-state index is 0.100. The van der Waals surface area contributed by atoms with Crippen molar-refractivity contribution >= 4 is 21.1 Å². The molecule has 0 aliphatic carbocycles. The second-order valence-corrected chi connectivity index (χ2v) is 5.65. The van der Waals surface area contributed by atoms with E-state index in [4.69, 9.17) is 0 Å². The van der Waals surface area contributed by atoms with Crippen molar-refractivity contribution in [1.82, 2.24) is 0 Å². The first-order valence-corrected chi connectivity index (χ1v) is 7.22. The van der Waals surface area contributed by atoms with Gasteiger partial charge < -0.3 is 0 Å². The van der Waals surface area contributed by atoms with Crippen molar-refractivity contribution in [2.75, 3.05) is 0 Å². The molecule has 0 spiro atoms. The Kier molecular flexibility index (Phi) is 3.83. The van der Waals surface area contributed by atoms with Crippen LogP contribution in [0.25, 0.3) is 11.0 Å². The van der Waals surface area contributed by atoms with Crippen LogP contribution in [-0.2, 0) is 10.1 Å². The van der Waals surface area contributed by atoms with Gasteiger partial charge in [-0.15, -0.1) is 0 Å². The summed E-state index contributed by atoms with van der Waals surface area (Å²) in [4.78, 5) is -0.100. The molecule has 4 heteroatoms. The van der Waals surface area contributed by atoms with Crippen LogP contribution in [-0.4, -0.2) is 13.0 Å². The molecule has 19 heavy (non-hydrogen) atoms. The van der Waals surface area contributed by atoms with Crippen LogP contribution >= 0.6 is 0 Å². The molecular weight excluding hydrogens is 260 g/mol. The topological polar surface area (TPSA) is 54.4 Å². The second kappa shape index (κ2) is 5.38. The number of rotatable bonds is 3. The Bertz CT molecular complexity index is 684. The average Bonchev–Trinajstić information content (AvgIpc) is 2.37. The van der Waals surface area contributed by atoms with Gasteiger partial charge in [0.05, 0.1) is 0 Å². The summed E-state index contributed by atoms with van der Waals surface area (Å²) >= 11 is 0. The molecule has 0 saturated heterocycles. The van der Waals surface area contributed by atoms with E-state index in [2.05, 4.69) is 0 Å². The van der Waals surface area contributed by atoms with Gasteiger partial charge in [0.25, 0.3) is 10.1 Å². The summed E-state index contributed by atoms with van der Waals surface area (Å²) in [5.41, 5.74) is 2.28. The predicted octanol–water partition coefficient (Wildman–Crippen LogP) is 3.38. The first-order valence-electron chi connectivity index (χ1n) is 5.78. The monoisotopic (exact) mass is 274 g/mol. The van der Waals surface area contributed by atoms with E-state index in [-0.39, 0.29) is 4.91 Å². The van der Waals surface area contributed by atoms with Crippen molar-refractivity contribution in [3.63, 3.8) is 0 Å². The highest BCUT2D eigenvalue weighted by Crippen LogP contribution is 2.23. The van der Waals surface area contributed by atoms with E-state index in [1.54, 1.807) is 30.3 Å². The van der Waals surface area contributed by atoms with Crippen molar-refractivity contribution in [2.45, 2.75) is 6.92 Å². The fourth-order valence-corrected chi connectivity index (χ4v) is 2.44. The highest BCUT2D eigenvalue weighted by molar-refractivity contribution is 7.95. The average molecular weight is 274 g/mol. The van der Waals surface area contributed by atoms with Crippen molar-refractivity contribution in [3.05, 3.63) is 71.3 Å². The van der Waals surface area contributed by atoms with Crippen LogP contribution in [0.15, 0.2) is 54.6 Å². The van der Waals surface area contributed by atoms with Crippen LogP contribution < -0.4 is 0 Å². The predicted molar refractivity (Wildman–Crippen MR) is 77.0 cm³/mol. The third-order valence-electron chi connectivity index (χ3n) is 2.71. The summed E-state index contributed by atoms with van der Waals surface area (Å²) < 4.78 is 32.3. The maximum atomic E-state index is 11.5. The summed E-state index contributed by atoms with van der Waals surface area (Å²) in [5, 5.41) is 0. The lowest BCUT2D eigenvalue weighted by Gasteiger charge is -2.05. The molecule has 0 aliphatic heterocycles. The summed E-state index contributed by atoms with van der Waals surface area (Å²) in [6.45, 7) is 1.95. The van der Waals surface area contributed by atoms with Gasteiger partial charge in [0.2, 0.25) is 0 Å². The summed E-state index contributed by atoms with van der Waals surface area (Å²) in [7, 11) is -4.27. The first kappa shape index (κ1) is 13.5. The van der Waals surface area contributed by atoms with E-state index in [0.717, 1.165) is 11.1 Å². The molecule has 0 bridgehead atoms. The number of aryl methyl sites for hydroxylation is 1. The van der Waals surface area contributed by atoms with Crippen LogP contribution in [0.3, 0.4) is 0 Å². The Morgan fingerprint density at radius 2 is 1.58 bits per heavy atom. The van der Waals surface area contributed by atoms with Gasteiger partial charge in [0.15, 0.2) is 0 Å². The van der Waals surface area contributed by atoms with E-state index in [1.165, 1.54) is 6.08 Å². The van der Waals surface area contributed by atoms with Crippen LogP contribution in [0.5, 0.6) is 0 Å². The molecule has 98 valence electrons. The molecule has 0 heterocycles. The van der Waals surface area contributed by atoms with Crippen molar-refractivity contribution < 1.29 is 13.0 Å². The standard InChI is InChI=1S/C15H14O3S/c1-12-7-9-13(10-8-12)11-15(19(16,17)18)14-5-3-2-4-6-14/h2-11H,1H3,(H,16,17,18)/b15-11+. The quantitative estimate of drug-likeness (QED) is 0.689. The lowest BCUT2D eigenvalue weighted by molar-refractivity contribution is 0.496. The summed E-state index contributed by atoms with van der Waals surface area (Å²) in [5.74, 6) is 0. The van der Waals surface area contributed by atoms with E-state index < -0.39 is 10.1 Å². The highest BCUT2D eigenvalue weighted by atomic mass is 32.2. The molecule has 0 aliphatic rings. The third-order valence-corrected chi connectivity index (χ3v) is 3.62. The van der Waals surface area contributed by atoms with Crippen molar-refractivity contribution in [3.8, 4) is 0 Å². The Morgan fingerprint density at radius 3 is 2.11 bits per heavy atom. The van der Waals surface area contributed by atoms with E-state index in [1.807, 2.05) is 31.2 Å². The highest BCUT2D eigenvalue weighted by Gasteiger charge is 2.15. The lowest BCUT2D eigenvalue weighted by atomic mass is 10.1. The first-order chi connectivity index (χ1) is 8.97. The molecule has 1 N–H and O–H groups in total. The molecule has 0 radical (unpaired) electrons. The van der Waals surface area contributed by atoms with Gasteiger partial charge in [-0.25, -0.2) is 0 Å². The maximum absolute atomic E-state index is 11.5. The van der Waals surface area contributed by atoms with Gasteiger partial charge in [0.1, 0.15) is 4.91 Å². The molecule has 3 nitrogen and oxygen atoms in total. The SMILES string of the molecule is Cc1ccc(/C=C(\c2ccccc2)S(=O)(=O)O)cc1. The minimum atomic E-state index is -4.27. The van der Waals surface area contributed by atoms with Crippen LogP contribution in [0.1, 0.15) is 16.7 Å². The molecule has 2 rings (SSSR count). The lowest BCUT2D eigenvalue weighted by Crippen LogP contribution is -2.00. The molecule has 0 unspecified atom stereocenters. The summed E-state index contributed by atoms with van der Waals surface area (Å²) in [6.07, 6.45) is 1.46. The minimum Gasteiger partial charge on any atom is -0.282 e. The molecule has 0 aromatic heterocycles. The van der Waals surface area contributed by atoms with E-state index in [9.17, 15) is 13.0 Å². The molecule has 2 aromatic rings. The molecule has 0 amide bonds. The van der Waals surface area contributed by atoms with Crippen LogP contribution in [0.2, 0.25) is 0 Å². The van der Waals surface area contributed by atoms with Crippen molar-refractivity contribution in [2.24, 2.45) is 0 Å². The molecule has 0 saturated carbocycles. The van der Waals surface area contributed by atoms with Crippen LogP contribution in [0, 0.1) is 6.92 Å². The Morgan fingerprint density at radius 1 is 1.00 bits per heavy atom. The van der Waals surface area contributed by atoms with Gasteiger partial charge in [0, 0.05) is 0 Å². The largest absolute Gasteiger partial charge is 0.295 e. The molecule has 2 aromatic carbocycles. The van der Waals surface area contributed by atoms with E-state index >= 15 is 0 Å². The van der Waals surface area contributed by atoms with E-state index in [0.29, 0.717) is 5.56 Å². The zero-order chi connectivity index (χ0) is 13.9. The normalized spacial score (nSPS) is 12.4. The maximum Gasteiger partial charge on any atom is 0.295 e. The second-order valence-electron chi connectivity index (χ2n) is 4.26. The Labute approximate surface area is 113 Å². The van der Waals surface area contributed by atoms with Crippen molar-refractivity contribution in [1.29, 1.82) is 0 Å². The third kappa shape index (κ3) is 3.53. The van der Waals surface area contributed by atoms with Crippen LogP contribution in [0.4, 0.5) is 0 Å².